The molecule has 0 saturated carbocycles. The smallest absolute Gasteiger partial charge is 0.229 e. The number of nitrogens with one attached hydrogen (secondary N) is 1. The summed E-state index contributed by atoms with van der Waals surface area (Å²) >= 11 is 0. The molecule has 1 amide bonds. The topological polar surface area (TPSA) is 59.1 Å². The predicted octanol–water partition coefficient (Wildman–Crippen LogP) is 4.00. The highest BCUT2D eigenvalue weighted by molar-refractivity contribution is 5.99. The van der Waals surface area contributed by atoms with E-state index < -0.39 is 0 Å². The fourth-order valence-electron chi connectivity index (χ4n) is 2.76. The number of aromatic nitrogens is 1. The van der Waals surface area contributed by atoms with Gasteiger partial charge in [-0.15, -0.1) is 0 Å². The van der Waals surface area contributed by atoms with E-state index in [1.165, 1.54) is 0 Å². The maximum atomic E-state index is 12.6. The number of carbonyl (C=O) groups is 2. The highest BCUT2D eigenvalue weighted by Crippen LogP contribution is 2.20. The van der Waals surface area contributed by atoms with Crippen LogP contribution in [0.5, 0.6) is 0 Å². The van der Waals surface area contributed by atoms with Crippen molar-refractivity contribution in [3.8, 4) is 0 Å². The first-order valence-corrected chi connectivity index (χ1v) is 8.50. The molecule has 0 bridgehead atoms. The number of anilines is 1. The Bertz CT molecular complexity index is 906. The molecule has 0 spiro atoms. The third-order valence-electron chi connectivity index (χ3n) is 4.19. The third kappa shape index (κ3) is 4.42. The van der Waals surface area contributed by atoms with Gasteiger partial charge in [0.2, 0.25) is 5.91 Å². The van der Waals surface area contributed by atoms with Crippen molar-refractivity contribution in [1.29, 1.82) is 0 Å². The van der Waals surface area contributed by atoms with Gasteiger partial charge in [-0.3, -0.25) is 9.59 Å². The highest BCUT2D eigenvalue weighted by Gasteiger charge is 2.15. The van der Waals surface area contributed by atoms with Gasteiger partial charge in [0.1, 0.15) is 5.82 Å². The van der Waals surface area contributed by atoms with Crippen LogP contribution in [0.1, 0.15) is 27.0 Å². The van der Waals surface area contributed by atoms with Crippen LogP contribution in [-0.4, -0.2) is 16.7 Å². The van der Waals surface area contributed by atoms with E-state index in [0.717, 1.165) is 16.7 Å². The Hall–Kier alpha value is -3.27. The lowest BCUT2D eigenvalue weighted by atomic mass is 10.00. The number of hydrogen-bond donors (Lipinski definition) is 1. The fraction of sp³-hybridized carbons (Fsp3) is 0.136. The van der Waals surface area contributed by atoms with E-state index in [1.807, 2.05) is 61.5 Å². The van der Waals surface area contributed by atoms with Crippen LogP contribution in [-0.2, 0) is 17.6 Å². The average molecular weight is 344 g/mol. The lowest BCUT2D eigenvalue weighted by molar-refractivity contribution is -0.115. The standard InChI is InChI=1S/C22H20N2O2/c1-16-12-13-23-22(24-21(26)14-17-8-4-2-5-9-17)19(16)15-20(25)18-10-6-3-7-11-18/h2-13H,14-15H2,1H3,(H,23,24,26). The van der Waals surface area contributed by atoms with Gasteiger partial charge < -0.3 is 5.32 Å². The van der Waals surface area contributed by atoms with E-state index in [4.69, 9.17) is 0 Å². The van der Waals surface area contributed by atoms with Gasteiger partial charge in [-0.1, -0.05) is 60.7 Å². The molecule has 1 heterocycles. The molecule has 0 unspecified atom stereocenters. The Kier molecular flexibility index (Phi) is 5.54. The molecule has 4 heteroatoms. The molecule has 26 heavy (non-hydrogen) atoms. The van der Waals surface area contributed by atoms with Crippen molar-refractivity contribution in [2.75, 3.05) is 5.32 Å². The molecule has 3 aromatic rings. The fourth-order valence-corrected chi connectivity index (χ4v) is 2.76. The Labute approximate surface area is 152 Å². The molecule has 1 N–H and O–H groups in total. The molecule has 3 rings (SSSR count). The largest absolute Gasteiger partial charge is 0.310 e. The maximum Gasteiger partial charge on any atom is 0.229 e. The third-order valence-corrected chi connectivity index (χ3v) is 4.19. The highest BCUT2D eigenvalue weighted by atomic mass is 16.1. The normalized spacial score (nSPS) is 10.3. The molecule has 2 aromatic carbocycles. The van der Waals surface area contributed by atoms with Crippen molar-refractivity contribution < 1.29 is 9.59 Å². The second kappa shape index (κ2) is 8.21. The van der Waals surface area contributed by atoms with Gasteiger partial charge in [-0.2, -0.15) is 0 Å². The maximum absolute atomic E-state index is 12.6. The van der Waals surface area contributed by atoms with Gasteiger partial charge in [0, 0.05) is 23.7 Å². The number of benzene rings is 2. The van der Waals surface area contributed by atoms with Crippen molar-refractivity contribution in [2.45, 2.75) is 19.8 Å². The summed E-state index contributed by atoms with van der Waals surface area (Å²) in [6, 6.07) is 20.5. The summed E-state index contributed by atoms with van der Waals surface area (Å²) in [5.41, 5.74) is 3.26. The van der Waals surface area contributed by atoms with Gasteiger partial charge in [0.15, 0.2) is 5.78 Å². The molecule has 0 saturated heterocycles. The van der Waals surface area contributed by atoms with Crippen LogP contribution < -0.4 is 5.32 Å². The molecular weight excluding hydrogens is 324 g/mol. The van der Waals surface area contributed by atoms with Crippen molar-refractivity contribution in [1.82, 2.24) is 4.98 Å². The first-order valence-electron chi connectivity index (χ1n) is 8.50. The zero-order valence-electron chi connectivity index (χ0n) is 14.6. The number of rotatable bonds is 6. The van der Waals surface area contributed by atoms with Gasteiger partial charge in [0.05, 0.1) is 6.42 Å². The number of carbonyl (C=O) groups excluding carboxylic acids is 2. The van der Waals surface area contributed by atoms with Gasteiger partial charge >= 0.3 is 0 Å². The first-order chi connectivity index (χ1) is 12.6. The summed E-state index contributed by atoms with van der Waals surface area (Å²) in [6.07, 6.45) is 2.11. The van der Waals surface area contributed by atoms with Crippen LogP contribution in [0.2, 0.25) is 0 Å². The second-order valence-electron chi connectivity index (χ2n) is 6.13. The van der Waals surface area contributed by atoms with Crippen LogP contribution in [0.25, 0.3) is 0 Å². The molecule has 0 radical (unpaired) electrons. The number of pyridine rings is 1. The van der Waals surface area contributed by atoms with Crippen LogP contribution in [0.4, 0.5) is 5.82 Å². The van der Waals surface area contributed by atoms with Crippen molar-refractivity contribution in [3.05, 3.63) is 95.2 Å². The summed E-state index contributed by atoms with van der Waals surface area (Å²) in [4.78, 5) is 29.2. The molecule has 0 aliphatic carbocycles. The Morgan fingerprint density at radius 3 is 2.23 bits per heavy atom. The van der Waals surface area contributed by atoms with Crippen LogP contribution in [0.3, 0.4) is 0 Å². The Balaban J connectivity index is 1.77. The zero-order chi connectivity index (χ0) is 18.4. The summed E-state index contributed by atoms with van der Waals surface area (Å²) in [5, 5.41) is 2.85. The lowest BCUT2D eigenvalue weighted by Crippen LogP contribution is -2.18. The number of hydrogen-bond acceptors (Lipinski definition) is 3. The Morgan fingerprint density at radius 1 is 0.885 bits per heavy atom. The van der Waals surface area contributed by atoms with Crippen LogP contribution in [0, 0.1) is 6.92 Å². The molecule has 4 nitrogen and oxygen atoms in total. The monoisotopic (exact) mass is 344 g/mol. The van der Waals surface area contributed by atoms with Crippen molar-refractivity contribution >= 4 is 17.5 Å². The van der Waals surface area contributed by atoms with Gasteiger partial charge in [0.25, 0.3) is 0 Å². The van der Waals surface area contributed by atoms with E-state index in [9.17, 15) is 9.59 Å². The Morgan fingerprint density at radius 2 is 1.54 bits per heavy atom. The summed E-state index contributed by atoms with van der Waals surface area (Å²) in [7, 11) is 0. The minimum Gasteiger partial charge on any atom is -0.310 e. The molecule has 0 aliphatic rings. The van der Waals surface area contributed by atoms with Crippen LogP contribution >= 0.6 is 0 Å². The van der Waals surface area contributed by atoms with Gasteiger partial charge in [-0.05, 0) is 24.1 Å². The second-order valence-corrected chi connectivity index (χ2v) is 6.13. The summed E-state index contributed by atoms with van der Waals surface area (Å²) in [5.74, 6) is 0.304. The van der Waals surface area contributed by atoms with E-state index in [2.05, 4.69) is 10.3 Å². The predicted molar refractivity (Wildman–Crippen MR) is 102 cm³/mol. The number of Topliss-reactive ketones (excluding diaryl/α,β-unsaturated/α-hetero) is 1. The van der Waals surface area contributed by atoms with E-state index in [-0.39, 0.29) is 24.5 Å². The average Bonchev–Trinajstić information content (AvgIpc) is 2.66. The van der Waals surface area contributed by atoms with Crippen molar-refractivity contribution in [2.24, 2.45) is 0 Å². The number of amides is 1. The quantitative estimate of drug-likeness (QED) is 0.688. The molecule has 0 aliphatic heterocycles. The van der Waals surface area contributed by atoms with Crippen LogP contribution in [0.15, 0.2) is 72.9 Å². The SMILES string of the molecule is Cc1ccnc(NC(=O)Cc2ccccc2)c1CC(=O)c1ccccc1. The molecule has 1 aromatic heterocycles. The minimum absolute atomic E-state index is 0.000239. The number of aryl methyl sites for hydroxylation is 1. The molecule has 0 atom stereocenters. The first kappa shape index (κ1) is 17.5. The molecule has 130 valence electrons. The van der Waals surface area contributed by atoms with Gasteiger partial charge in [-0.25, -0.2) is 4.98 Å². The van der Waals surface area contributed by atoms with E-state index in [1.54, 1.807) is 18.3 Å². The zero-order valence-corrected chi connectivity index (χ0v) is 14.6. The van der Waals surface area contributed by atoms with E-state index >= 15 is 0 Å². The summed E-state index contributed by atoms with van der Waals surface area (Å²) in [6.45, 7) is 1.92. The van der Waals surface area contributed by atoms with E-state index in [0.29, 0.717) is 11.4 Å². The minimum atomic E-state index is -0.150. The number of nitrogens with zero attached hydrogens (tertiary/aromatic N) is 1. The lowest BCUT2D eigenvalue weighted by Gasteiger charge is -2.12. The molecular formula is C22H20N2O2. The molecule has 0 fully saturated rings. The number of ketones is 1. The summed E-state index contributed by atoms with van der Waals surface area (Å²) < 4.78 is 0. The van der Waals surface area contributed by atoms with Crippen molar-refractivity contribution in [3.63, 3.8) is 0 Å².